The summed E-state index contributed by atoms with van der Waals surface area (Å²) in [7, 11) is 0. The highest BCUT2D eigenvalue weighted by Crippen LogP contribution is 2.43. The molecule has 0 bridgehead atoms. The average molecular weight is 288 g/mol. The van der Waals surface area contributed by atoms with Gasteiger partial charge in [0.05, 0.1) is 0 Å². The Morgan fingerprint density at radius 2 is 2.14 bits per heavy atom. The van der Waals surface area contributed by atoms with E-state index in [0.29, 0.717) is 12.5 Å². The van der Waals surface area contributed by atoms with Gasteiger partial charge in [-0.3, -0.25) is 4.79 Å². The van der Waals surface area contributed by atoms with Gasteiger partial charge in [-0.2, -0.15) is 0 Å². The van der Waals surface area contributed by atoms with Gasteiger partial charge in [0, 0.05) is 24.2 Å². The number of hydrogen-bond donors (Lipinski definition) is 1. The summed E-state index contributed by atoms with van der Waals surface area (Å²) in [4.78, 5) is 15.0. The van der Waals surface area contributed by atoms with Crippen molar-refractivity contribution in [2.45, 2.75) is 59.5 Å². The molecule has 1 aromatic rings. The van der Waals surface area contributed by atoms with Crippen molar-refractivity contribution in [3.8, 4) is 0 Å². The molecule has 0 saturated heterocycles. The lowest BCUT2D eigenvalue weighted by Crippen LogP contribution is -2.43. The Balaban J connectivity index is 2.17. The summed E-state index contributed by atoms with van der Waals surface area (Å²) in [6.45, 7) is 9.27. The van der Waals surface area contributed by atoms with E-state index in [9.17, 15) is 4.79 Å². The van der Waals surface area contributed by atoms with Crippen molar-refractivity contribution >= 4 is 11.6 Å². The van der Waals surface area contributed by atoms with E-state index >= 15 is 0 Å². The van der Waals surface area contributed by atoms with E-state index < -0.39 is 0 Å². The molecular weight excluding hydrogens is 260 g/mol. The van der Waals surface area contributed by atoms with Crippen LogP contribution in [0.25, 0.3) is 0 Å². The molecule has 0 aliphatic heterocycles. The van der Waals surface area contributed by atoms with Crippen LogP contribution in [0.1, 0.15) is 52.5 Å². The third-order valence-corrected chi connectivity index (χ3v) is 4.77. The molecule has 0 aromatic heterocycles. The highest BCUT2D eigenvalue weighted by molar-refractivity contribution is 5.80. The smallest absolute Gasteiger partial charge is 0.226 e. The van der Waals surface area contributed by atoms with Gasteiger partial charge in [-0.05, 0) is 49.8 Å². The maximum absolute atomic E-state index is 13.0. The van der Waals surface area contributed by atoms with E-state index in [0.717, 1.165) is 30.5 Å². The highest BCUT2D eigenvalue weighted by Gasteiger charge is 2.41. The lowest BCUT2D eigenvalue weighted by atomic mass is 9.81. The molecule has 0 heterocycles. The molecule has 1 saturated carbocycles. The summed E-state index contributed by atoms with van der Waals surface area (Å²) >= 11 is 0. The van der Waals surface area contributed by atoms with Crippen molar-refractivity contribution < 1.29 is 4.79 Å². The van der Waals surface area contributed by atoms with Crippen LogP contribution in [0.4, 0.5) is 5.69 Å². The predicted molar refractivity (Wildman–Crippen MR) is 87.7 cm³/mol. The second kappa shape index (κ2) is 6.08. The quantitative estimate of drug-likeness (QED) is 0.856. The molecule has 2 rings (SSSR count). The largest absolute Gasteiger partial charge is 0.399 e. The lowest BCUT2D eigenvalue weighted by molar-refractivity contribution is -0.140. The Morgan fingerprint density at radius 3 is 2.67 bits per heavy atom. The fourth-order valence-electron chi connectivity index (χ4n) is 3.39. The third-order valence-electron chi connectivity index (χ3n) is 4.77. The molecule has 3 nitrogen and oxygen atoms in total. The van der Waals surface area contributed by atoms with Crippen molar-refractivity contribution in [2.75, 3.05) is 5.73 Å². The van der Waals surface area contributed by atoms with Gasteiger partial charge in [-0.25, -0.2) is 0 Å². The number of hydrogen-bond acceptors (Lipinski definition) is 2. The lowest BCUT2D eigenvalue weighted by Gasteiger charge is -2.34. The molecule has 1 unspecified atom stereocenters. The van der Waals surface area contributed by atoms with Crippen LogP contribution in [0, 0.1) is 11.3 Å². The molecule has 1 aliphatic rings. The van der Waals surface area contributed by atoms with E-state index in [4.69, 9.17) is 5.73 Å². The minimum Gasteiger partial charge on any atom is -0.399 e. The zero-order valence-corrected chi connectivity index (χ0v) is 13.7. The van der Waals surface area contributed by atoms with Crippen molar-refractivity contribution in [2.24, 2.45) is 11.3 Å². The van der Waals surface area contributed by atoms with Crippen LogP contribution in [0.2, 0.25) is 0 Å². The van der Waals surface area contributed by atoms with Gasteiger partial charge < -0.3 is 10.6 Å². The van der Waals surface area contributed by atoms with Crippen LogP contribution in [0.5, 0.6) is 0 Å². The van der Waals surface area contributed by atoms with Crippen molar-refractivity contribution in [1.82, 2.24) is 4.90 Å². The molecule has 1 amide bonds. The number of anilines is 1. The van der Waals surface area contributed by atoms with E-state index in [-0.39, 0.29) is 17.4 Å². The van der Waals surface area contributed by atoms with Gasteiger partial charge in [0.25, 0.3) is 0 Å². The number of carbonyl (C=O) groups excluding carboxylic acids is 1. The minimum absolute atomic E-state index is 0.125. The number of nitrogens with zero attached hydrogens (tertiary/aromatic N) is 1. The van der Waals surface area contributed by atoms with E-state index in [1.165, 1.54) is 0 Å². The van der Waals surface area contributed by atoms with Gasteiger partial charge in [0.1, 0.15) is 0 Å². The fraction of sp³-hybridized carbons (Fsp3) is 0.611. The van der Waals surface area contributed by atoms with Gasteiger partial charge in [0.15, 0.2) is 0 Å². The zero-order valence-electron chi connectivity index (χ0n) is 13.7. The molecule has 1 fully saturated rings. The predicted octanol–water partition coefficient (Wildman–Crippen LogP) is 3.83. The monoisotopic (exact) mass is 288 g/mol. The van der Waals surface area contributed by atoms with Crippen LogP contribution < -0.4 is 5.73 Å². The van der Waals surface area contributed by atoms with Crippen LogP contribution in [-0.2, 0) is 11.3 Å². The zero-order chi connectivity index (χ0) is 15.6. The molecule has 0 radical (unpaired) electrons. The summed E-state index contributed by atoms with van der Waals surface area (Å²) in [5.41, 5.74) is 7.83. The topological polar surface area (TPSA) is 46.3 Å². The number of nitrogen functional groups attached to an aromatic ring is 1. The number of carbonyl (C=O) groups is 1. The van der Waals surface area contributed by atoms with Gasteiger partial charge >= 0.3 is 0 Å². The van der Waals surface area contributed by atoms with Crippen molar-refractivity contribution in [3.05, 3.63) is 29.8 Å². The van der Waals surface area contributed by atoms with Crippen LogP contribution in [-0.4, -0.2) is 16.8 Å². The summed E-state index contributed by atoms with van der Waals surface area (Å²) in [5.74, 6) is 0.455. The minimum atomic E-state index is 0.125. The Morgan fingerprint density at radius 1 is 1.43 bits per heavy atom. The fourth-order valence-corrected chi connectivity index (χ4v) is 3.39. The summed E-state index contributed by atoms with van der Waals surface area (Å²) in [5, 5.41) is 0. The first-order chi connectivity index (χ1) is 9.81. The molecule has 1 atom stereocenters. The van der Waals surface area contributed by atoms with Crippen LogP contribution in [0.3, 0.4) is 0 Å². The summed E-state index contributed by atoms with van der Waals surface area (Å²) in [6, 6.07) is 8.04. The Hall–Kier alpha value is -1.51. The van der Waals surface area contributed by atoms with E-state index in [1.54, 1.807) is 0 Å². The molecule has 0 spiro atoms. The average Bonchev–Trinajstić information content (AvgIpc) is 2.74. The number of nitrogens with two attached hydrogens (primary N) is 1. The normalized spacial score (nSPS) is 20.7. The van der Waals surface area contributed by atoms with Gasteiger partial charge in [-0.1, -0.05) is 32.4 Å². The molecule has 1 aliphatic carbocycles. The molecule has 21 heavy (non-hydrogen) atoms. The Kier molecular flexibility index (Phi) is 4.60. The maximum atomic E-state index is 13.0. The van der Waals surface area contributed by atoms with E-state index in [1.807, 2.05) is 29.2 Å². The molecule has 116 valence electrons. The van der Waals surface area contributed by atoms with E-state index in [2.05, 4.69) is 27.7 Å². The molecular formula is C18H28N2O. The third kappa shape index (κ3) is 3.58. The Bertz CT molecular complexity index is 508. The first kappa shape index (κ1) is 15.9. The molecule has 1 aromatic carbocycles. The van der Waals surface area contributed by atoms with Crippen LogP contribution >= 0.6 is 0 Å². The maximum Gasteiger partial charge on any atom is 0.226 e. The van der Waals surface area contributed by atoms with Crippen molar-refractivity contribution in [3.63, 3.8) is 0 Å². The SMILES string of the molecule is CC(C)N(Cc1cccc(N)c1)C(=O)C1CCCC1(C)C. The first-order valence-corrected chi connectivity index (χ1v) is 7.96. The second-order valence-electron chi connectivity index (χ2n) is 7.24. The summed E-state index contributed by atoms with van der Waals surface area (Å²) < 4.78 is 0. The Labute approximate surface area is 128 Å². The second-order valence-corrected chi connectivity index (χ2v) is 7.24. The highest BCUT2D eigenvalue weighted by atomic mass is 16.2. The first-order valence-electron chi connectivity index (χ1n) is 7.96. The number of benzene rings is 1. The standard InChI is InChI=1S/C18H28N2O/c1-13(2)20(12-14-7-5-8-15(19)11-14)17(21)16-9-6-10-18(16,3)4/h5,7-8,11,13,16H,6,9-10,12,19H2,1-4H3. The summed E-state index contributed by atoms with van der Waals surface area (Å²) in [6.07, 6.45) is 3.33. The number of rotatable bonds is 4. The van der Waals surface area contributed by atoms with Crippen molar-refractivity contribution in [1.29, 1.82) is 0 Å². The number of amides is 1. The van der Waals surface area contributed by atoms with Crippen LogP contribution in [0.15, 0.2) is 24.3 Å². The van der Waals surface area contributed by atoms with Gasteiger partial charge in [0.2, 0.25) is 5.91 Å². The molecule has 2 N–H and O–H groups in total. The van der Waals surface area contributed by atoms with Gasteiger partial charge in [-0.15, -0.1) is 0 Å². The molecule has 3 heteroatoms.